The number of rotatable bonds is 7. The van der Waals surface area contributed by atoms with E-state index >= 15 is 0 Å². The topological polar surface area (TPSA) is 97.6 Å². The maximum absolute atomic E-state index is 12.5. The Labute approximate surface area is 156 Å². The molecular weight excluding hydrogens is 348 g/mol. The zero-order valence-corrected chi connectivity index (χ0v) is 15.1. The molecule has 8 nitrogen and oxygen atoms in total. The number of aryl methyl sites for hydroxylation is 1. The van der Waals surface area contributed by atoms with Gasteiger partial charge >= 0.3 is 6.09 Å². The van der Waals surface area contributed by atoms with E-state index in [2.05, 4.69) is 15.5 Å². The number of ether oxygens (including phenoxy) is 1. The maximum atomic E-state index is 12.5. The highest BCUT2D eigenvalue weighted by Gasteiger charge is 2.41. The van der Waals surface area contributed by atoms with Gasteiger partial charge in [0.25, 0.3) is 0 Å². The second kappa shape index (κ2) is 7.38. The second-order valence-corrected chi connectivity index (χ2v) is 7.02. The lowest BCUT2D eigenvalue weighted by Crippen LogP contribution is -2.35. The van der Waals surface area contributed by atoms with Crippen LogP contribution in [-0.2, 0) is 9.53 Å². The van der Waals surface area contributed by atoms with Gasteiger partial charge in [-0.05, 0) is 18.4 Å². The number of hydrogen-bond donors (Lipinski definition) is 1. The molecule has 0 radical (unpaired) electrons. The van der Waals surface area contributed by atoms with Crippen LogP contribution < -0.4 is 5.32 Å². The van der Waals surface area contributed by atoms with Crippen LogP contribution in [0.2, 0.25) is 0 Å². The molecule has 2 amide bonds. The molecule has 0 bridgehead atoms. The van der Waals surface area contributed by atoms with Crippen LogP contribution in [0.4, 0.5) is 4.79 Å². The normalized spacial score (nSPS) is 20.4. The lowest BCUT2D eigenvalue weighted by molar-refractivity contribution is -0.121. The monoisotopic (exact) mass is 370 g/mol. The van der Waals surface area contributed by atoms with Crippen LogP contribution in [0.5, 0.6) is 0 Å². The number of aromatic nitrogens is 2. The van der Waals surface area contributed by atoms with E-state index in [4.69, 9.17) is 9.15 Å². The lowest BCUT2D eigenvalue weighted by atomic mass is 9.95. The minimum atomic E-state index is -0.318. The molecule has 1 N–H and O–H groups in total. The van der Waals surface area contributed by atoms with Gasteiger partial charge < -0.3 is 19.4 Å². The van der Waals surface area contributed by atoms with Gasteiger partial charge in [0.05, 0.1) is 19.0 Å². The third-order valence-electron chi connectivity index (χ3n) is 4.85. The van der Waals surface area contributed by atoms with Crippen LogP contribution in [0.3, 0.4) is 0 Å². The molecule has 1 saturated carbocycles. The summed E-state index contributed by atoms with van der Waals surface area (Å²) in [6.45, 7) is 2.56. The fraction of sp³-hybridized carbons (Fsp3) is 0.474. The molecule has 1 aliphatic heterocycles. The van der Waals surface area contributed by atoms with Gasteiger partial charge in [0.15, 0.2) is 0 Å². The Morgan fingerprint density at radius 2 is 2.07 bits per heavy atom. The van der Waals surface area contributed by atoms with Gasteiger partial charge in [0.2, 0.25) is 17.7 Å². The standard InChI is InChI=1S/C19H22N4O4/c1-12-21-22-18(26-12)16(13-5-3-2-4-6-13)9-17(24)20-10-15-11-23(14-7-8-14)19(25)27-15/h2-6,14-16H,7-11H2,1H3,(H,20,24). The second-order valence-electron chi connectivity index (χ2n) is 7.02. The van der Waals surface area contributed by atoms with Crippen LogP contribution >= 0.6 is 0 Å². The predicted molar refractivity (Wildman–Crippen MR) is 94.9 cm³/mol. The molecule has 2 atom stereocenters. The molecule has 142 valence electrons. The zero-order valence-electron chi connectivity index (χ0n) is 15.1. The summed E-state index contributed by atoms with van der Waals surface area (Å²) in [4.78, 5) is 26.1. The lowest BCUT2D eigenvalue weighted by Gasteiger charge is -2.15. The molecule has 2 unspecified atom stereocenters. The largest absolute Gasteiger partial charge is 0.442 e. The number of carbonyl (C=O) groups excluding carboxylic acids is 2. The fourth-order valence-electron chi connectivity index (χ4n) is 3.30. The van der Waals surface area contributed by atoms with Crippen molar-refractivity contribution in [1.82, 2.24) is 20.4 Å². The van der Waals surface area contributed by atoms with Crippen LogP contribution in [0, 0.1) is 6.92 Å². The van der Waals surface area contributed by atoms with Crippen molar-refractivity contribution in [3.8, 4) is 0 Å². The van der Waals surface area contributed by atoms with Gasteiger partial charge in [-0.1, -0.05) is 30.3 Å². The van der Waals surface area contributed by atoms with Gasteiger partial charge in [-0.15, -0.1) is 10.2 Å². The summed E-state index contributed by atoms with van der Waals surface area (Å²) in [5.74, 6) is 0.410. The Kier molecular flexibility index (Phi) is 4.79. The number of benzene rings is 1. The number of cyclic esters (lactones) is 1. The summed E-state index contributed by atoms with van der Waals surface area (Å²) in [6.07, 6.45) is 1.68. The molecule has 0 spiro atoms. The van der Waals surface area contributed by atoms with E-state index in [1.807, 2.05) is 30.3 Å². The minimum Gasteiger partial charge on any atom is -0.442 e. The molecule has 27 heavy (non-hydrogen) atoms. The van der Waals surface area contributed by atoms with E-state index in [1.54, 1.807) is 11.8 Å². The van der Waals surface area contributed by atoms with Crippen LogP contribution in [0.15, 0.2) is 34.7 Å². The average molecular weight is 370 g/mol. The SMILES string of the molecule is Cc1nnc(C(CC(=O)NCC2CN(C3CC3)C(=O)O2)c2ccccc2)o1. The van der Waals surface area contributed by atoms with E-state index in [9.17, 15) is 9.59 Å². The van der Waals surface area contributed by atoms with Crippen molar-refractivity contribution >= 4 is 12.0 Å². The molecule has 1 saturated heterocycles. The summed E-state index contributed by atoms with van der Waals surface area (Å²) < 4.78 is 10.9. The fourth-order valence-corrected chi connectivity index (χ4v) is 3.30. The molecule has 2 aromatic rings. The van der Waals surface area contributed by atoms with Gasteiger partial charge in [-0.25, -0.2) is 4.79 Å². The molecule has 2 aliphatic rings. The van der Waals surface area contributed by atoms with E-state index in [1.165, 1.54) is 0 Å². The molecule has 2 fully saturated rings. The first kappa shape index (κ1) is 17.5. The molecule has 1 aromatic heterocycles. The van der Waals surface area contributed by atoms with E-state index in [0.717, 1.165) is 18.4 Å². The molecular formula is C19H22N4O4. The van der Waals surface area contributed by atoms with E-state index in [-0.39, 0.29) is 30.4 Å². The Morgan fingerprint density at radius 1 is 1.30 bits per heavy atom. The molecule has 4 rings (SSSR count). The Hall–Kier alpha value is -2.90. The maximum Gasteiger partial charge on any atom is 0.410 e. The van der Waals surface area contributed by atoms with Crippen molar-refractivity contribution in [1.29, 1.82) is 0 Å². The first-order valence-corrected chi connectivity index (χ1v) is 9.19. The summed E-state index contributed by atoms with van der Waals surface area (Å²) >= 11 is 0. The third-order valence-corrected chi connectivity index (χ3v) is 4.85. The van der Waals surface area contributed by atoms with Gasteiger partial charge in [-0.3, -0.25) is 4.79 Å². The summed E-state index contributed by atoms with van der Waals surface area (Å²) in [5.41, 5.74) is 0.934. The van der Waals surface area contributed by atoms with Crippen molar-refractivity contribution in [2.75, 3.05) is 13.1 Å². The first-order chi connectivity index (χ1) is 13.1. The van der Waals surface area contributed by atoms with Crippen LogP contribution in [0.25, 0.3) is 0 Å². The van der Waals surface area contributed by atoms with Gasteiger partial charge in [-0.2, -0.15) is 0 Å². The van der Waals surface area contributed by atoms with Gasteiger partial charge in [0.1, 0.15) is 6.10 Å². The number of nitrogens with zero attached hydrogens (tertiary/aromatic N) is 3. The molecule has 2 heterocycles. The van der Waals surface area contributed by atoms with Gasteiger partial charge in [0, 0.05) is 19.4 Å². The third kappa shape index (κ3) is 4.10. The van der Waals surface area contributed by atoms with Crippen molar-refractivity contribution in [2.45, 2.75) is 44.2 Å². The van der Waals surface area contributed by atoms with Crippen molar-refractivity contribution in [3.05, 3.63) is 47.7 Å². The predicted octanol–water partition coefficient (Wildman–Crippen LogP) is 2.00. The Bertz CT molecular complexity index is 818. The van der Waals surface area contributed by atoms with Crippen molar-refractivity contribution in [3.63, 3.8) is 0 Å². The quantitative estimate of drug-likeness (QED) is 0.801. The molecule has 1 aromatic carbocycles. The first-order valence-electron chi connectivity index (χ1n) is 9.19. The number of nitrogens with one attached hydrogen (secondary N) is 1. The van der Waals surface area contributed by atoms with Crippen LogP contribution in [0.1, 0.15) is 42.5 Å². The molecule has 8 heteroatoms. The average Bonchev–Trinajstić information content (AvgIpc) is 3.32. The summed E-state index contributed by atoms with van der Waals surface area (Å²) in [7, 11) is 0. The van der Waals surface area contributed by atoms with E-state index in [0.29, 0.717) is 30.9 Å². The summed E-state index contributed by atoms with van der Waals surface area (Å²) in [5, 5.41) is 10.8. The van der Waals surface area contributed by atoms with Crippen LogP contribution in [-0.4, -0.2) is 52.3 Å². The highest BCUT2D eigenvalue weighted by Crippen LogP contribution is 2.30. The minimum absolute atomic E-state index is 0.152. The highest BCUT2D eigenvalue weighted by molar-refractivity contribution is 5.77. The van der Waals surface area contributed by atoms with Crippen molar-refractivity contribution < 1.29 is 18.7 Å². The Morgan fingerprint density at radius 3 is 2.74 bits per heavy atom. The highest BCUT2D eigenvalue weighted by atomic mass is 16.6. The Balaban J connectivity index is 1.36. The smallest absolute Gasteiger partial charge is 0.410 e. The number of carbonyl (C=O) groups is 2. The summed E-state index contributed by atoms with van der Waals surface area (Å²) in [6, 6.07) is 9.93. The molecule has 1 aliphatic carbocycles. The van der Waals surface area contributed by atoms with E-state index < -0.39 is 0 Å². The van der Waals surface area contributed by atoms with Crippen molar-refractivity contribution in [2.24, 2.45) is 0 Å². The number of hydrogen-bond acceptors (Lipinski definition) is 6. The number of amides is 2. The zero-order chi connectivity index (χ0) is 18.8.